The number of nitrogens with zero attached hydrogens (tertiary/aromatic N) is 2. The highest BCUT2D eigenvalue weighted by Gasteiger charge is 2.13. The number of rotatable bonds is 6. The number of aryl methyl sites for hydroxylation is 3. The molecular formula is C24H22N2O4. The molecule has 0 aliphatic rings. The van der Waals surface area contributed by atoms with Gasteiger partial charge in [0, 0.05) is 23.7 Å². The third-order valence-electron chi connectivity index (χ3n) is 5.01. The first-order valence-electron chi connectivity index (χ1n) is 9.90. The third kappa shape index (κ3) is 4.17. The molecule has 4 rings (SSSR count). The van der Waals surface area contributed by atoms with Crippen LogP contribution in [0.3, 0.4) is 0 Å². The van der Waals surface area contributed by atoms with Crippen LogP contribution in [0.15, 0.2) is 70.1 Å². The average molecular weight is 402 g/mol. The number of hydrogen-bond donors (Lipinski definition) is 0. The zero-order valence-electron chi connectivity index (χ0n) is 16.9. The zero-order valence-corrected chi connectivity index (χ0v) is 16.9. The zero-order chi connectivity index (χ0) is 21.1. The highest BCUT2D eigenvalue weighted by Crippen LogP contribution is 2.28. The summed E-state index contributed by atoms with van der Waals surface area (Å²) in [6, 6.07) is 14.8. The predicted octanol–water partition coefficient (Wildman–Crippen LogP) is 4.39. The third-order valence-corrected chi connectivity index (χ3v) is 5.01. The number of benzene rings is 2. The summed E-state index contributed by atoms with van der Waals surface area (Å²) in [7, 11) is 0. The van der Waals surface area contributed by atoms with Crippen molar-refractivity contribution in [3.63, 3.8) is 0 Å². The second-order valence-electron chi connectivity index (χ2n) is 7.16. The Balaban J connectivity index is 1.47. The summed E-state index contributed by atoms with van der Waals surface area (Å²) in [5.41, 5.74) is 3.65. The van der Waals surface area contributed by atoms with E-state index in [0.29, 0.717) is 24.2 Å². The van der Waals surface area contributed by atoms with Crippen molar-refractivity contribution in [2.75, 3.05) is 0 Å². The van der Waals surface area contributed by atoms with Crippen LogP contribution in [0.2, 0.25) is 0 Å². The van der Waals surface area contributed by atoms with Gasteiger partial charge in [-0.15, -0.1) is 0 Å². The first-order valence-corrected chi connectivity index (χ1v) is 9.90. The number of fused-ring (bicyclic) bond motifs is 1. The molecular weight excluding hydrogens is 380 g/mol. The lowest BCUT2D eigenvalue weighted by atomic mass is 10.1. The Morgan fingerprint density at radius 1 is 1.17 bits per heavy atom. The van der Waals surface area contributed by atoms with Gasteiger partial charge in [0.05, 0.1) is 18.3 Å². The molecule has 0 spiro atoms. The number of carbonyl (C=O) groups excluding carboxylic acids is 1. The summed E-state index contributed by atoms with van der Waals surface area (Å²) < 4.78 is 12.7. The molecule has 0 amide bonds. The van der Waals surface area contributed by atoms with E-state index in [1.165, 1.54) is 6.07 Å². The van der Waals surface area contributed by atoms with E-state index in [2.05, 4.69) is 5.10 Å². The minimum Gasteiger partial charge on any atom is -0.426 e. The topological polar surface area (TPSA) is 74.3 Å². The second kappa shape index (κ2) is 8.37. The minimum absolute atomic E-state index is 0.222. The molecule has 0 atom stereocenters. The van der Waals surface area contributed by atoms with Crippen molar-refractivity contribution in [1.29, 1.82) is 0 Å². The van der Waals surface area contributed by atoms with Crippen LogP contribution in [0.1, 0.15) is 30.0 Å². The first kappa shape index (κ1) is 19.6. The summed E-state index contributed by atoms with van der Waals surface area (Å²) in [6.07, 6.45) is 5.11. The molecule has 2 heterocycles. The molecule has 152 valence electrons. The van der Waals surface area contributed by atoms with Gasteiger partial charge in [0.1, 0.15) is 11.3 Å². The van der Waals surface area contributed by atoms with Crippen LogP contribution in [0.4, 0.5) is 0 Å². The maximum absolute atomic E-state index is 12.5. The fourth-order valence-electron chi connectivity index (χ4n) is 3.39. The average Bonchev–Trinajstić information content (AvgIpc) is 3.21. The molecule has 0 saturated heterocycles. The molecule has 4 aromatic rings. The molecule has 6 heteroatoms. The molecule has 0 aliphatic carbocycles. The summed E-state index contributed by atoms with van der Waals surface area (Å²) in [6.45, 7) is 3.85. The Kier molecular flexibility index (Phi) is 5.48. The SMILES string of the molecule is CCc1cc2c(C)cc(=O)oc2cc1OC(=O)CCc1cnn(-c2ccccc2)c1. The first-order chi connectivity index (χ1) is 14.5. The molecule has 0 N–H and O–H groups in total. The van der Waals surface area contributed by atoms with Crippen molar-refractivity contribution in [3.8, 4) is 11.4 Å². The molecule has 6 nitrogen and oxygen atoms in total. The standard InChI is InChI=1S/C24H22N2O4/c1-3-18-12-20-16(2)11-24(28)30-22(20)13-21(18)29-23(27)10-9-17-14-25-26(15-17)19-7-5-4-6-8-19/h4-8,11-15H,3,9-10H2,1-2H3. The van der Waals surface area contributed by atoms with E-state index in [9.17, 15) is 9.59 Å². The van der Waals surface area contributed by atoms with Crippen molar-refractivity contribution >= 4 is 16.9 Å². The summed E-state index contributed by atoms with van der Waals surface area (Å²) in [4.78, 5) is 24.1. The van der Waals surface area contributed by atoms with Crippen LogP contribution in [0, 0.1) is 6.92 Å². The summed E-state index contributed by atoms with van der Waals surface area (Å²) in [5.74, 6) is 0.0928. The van der Waals surface area contributed by atoms with Gasteiger partial charge in [0.25, 0.3) is 0 Å². The van der Waals surface area contributed by atoms with Gasteiger partial charge < -0.3 is 9.15 Å². The fourth-order valence-corrected chi connectivity index (χ4v) is 3.39. The maximum atomic E-state index is 12.5. The van der Waals surface area contributed by atoms with Gasteiger partial charge in [-0.3, -0.25) is 4.79 Å². The van der Waals surface area contributed by atoms with E-state index in [4.69, 9.17) is 9.15 Å². The van der Waals surface area contributed by atoms with Crippen LogP contribution < -0.4 is 10.4 Å². The van der Waals surface area contributed by atoms with E-state index in [1.807, 2.05) is 56.4 Å². The molecule has 0 bridgehead atoms. The number of hydrogen-bond acceptors (Lipinski definition) is 5. The highest BCUT2D eigenvalue weighted by molar-refractivity contribution is 5.84. The van der Waals surface area contributed by atoms with Gasteiger partial charge in [-0.2, -0.15) is 5.10 Å². The molecule has 0 fully saturated rings. The molecule has 0 radical (unpaired) electrons. The van der Waals surface area contributed by atoms with Crippen molar-refractivity contribution in [3.05, 3.63) is 88.0 Å². The predicted molar refractivity (Wildman–Crippen MR) is 114 cm³/mol. The normalized spacial score (nSPS) is 11.0. The molecule has 0 aliphatic heterocycles. The van der Waals surface area contributed by atoms with E-state index < -0.39 is 5.63 Å². The lowest BCUT2D eigenvalue weighted by Gasteiger charge is -2.11. The minimum atomic E-state index is -0.419. The molecule has 0 unspecified atom stereocenters. The van der Waals surface area contributed by atoms with Gasteiger partial charge in [-0.1, -0.05) is 25.1 Å². The van der Waals surface area contributed by atoms with Crippen LogP contribution in [0.5, 0.6) is 5.75 Å². The van der Waals surface area contributed by atoms with Crippen LogP contribution in [-0.2, 0) is 17.6 Å². The molecule has 0 saturated carbocycles. The Morgan fingerprint density at radius 3 is 2.73 bits per heavy atom. The van der Waals surface area contributed by atoms with Crippen molar-refractivity contribution in [2.24, 2.45) is 0 Å². The van der Waals surface area contributed by atoms with Gasteiger partial charge >= 0.3 is 11.6 Å². The lowest BCUT2D eigenvalue weighted by Crippen LogP contribution is -2.10. The number of para-hydroxylation sites is 1. The molecule has 30 heavy (non-hydrogen) atoms. The fraction of sp³-hybridized carbons (Fsp3) is 0.208. The number of esters is 1. The van der Waals surface area contributed by atoms with E-state index in [-0.39, 0.29) is 12.4 Å². The Bertz CT molecular complexity index is 1260. The van der Waals surface area contributed by atoms with Gasteiger partial charge in [0.15, 0.2) is 0 Å². The van der Waals surface area contributed by atoms with Crippen LogP contribution in [0.25, 0.3) is 16.7 Å². The smallest absolute Gasteiger partial charge is 0.336 e. The Hall–Kier alpha value is -3.67. The molecule has 2 aromatic heterocycles. The Labute approximate surface area is 173 Å². The number of ether oxygens (including phenoxy) is 1. The van der Waals surface area contributed by atoms with Crippen LogP contribution in [-0.4, -0.2) is 15.7 Å². The summed E-state index contributed by atoms with van der Waals surface area (Å²) in [5, 5.41) is 5.20. The van der Waals surface area contributed by atoms with Crippen LogP contribution >= 0.6 is 0 Å². The van der Waals surface area contributed by atoms with Gasteiger partial charge in [-0.25, -0.2) is 9.48 Å². The van der Waals surface area contributed by atoms with E-state index >= 15 is 0 Å². The van der Waals surface area contributed by atoms with Crippen molar-refractivity contribution in [2.45, 2.75) is 33.1 Å². The monoisotopic (exact) mass is 402 g/mol. The molecule has 2 aromatic carbocycles. The number of aromatic nitrogens is 2. The highest BCUT2D eigenvalue weighted by atomic mass is 16.5. The van der Waals surface area contributed by atoms with Gasteiger partial charge in [0.2, 0.25) is 0 Å². The lowest BCUT2D eigenvalue weighted by molar-refractivity contribution is -0.134. The maximum Gasteiger partial charge on any atom is 0.336 e. The van der Waals surface area contributed by atoms with Crippen molar-refractivity contribution in [1.82, 2.24) is 9.78 Å². The quantitative estimate of drug-likeness (QED) is 0.272. The van der Waals surface area contributed by atoms with E-state index in [1.54, 1.807) is 16.9 Å². The number of carbonyl (C=O) groups is 1. The summed E-state index contributed by atoms with van der Waals surface area (Å²) >= 11 is 0. The second-order valence-corrected chi connectivity index (χ2v) is 7.16. The van der Waals surface area contributed by atoms with Crippen molar-refractivity contribution < 1.29 is 13.9 Å². The largest absolute Gasteiger partial charge is 0.426 e. The Morgan fingerprint density at radius 2 is 1.97 bits per heavy atom. The van der Waals surface area contributed by atoms with Gasteiger partial charge in [-0.05, 0) is 54.7 Å². The van der Waals surface area contributed by atoms with E-state index in [0.717, 1.165) is 27.8 Å².